The number of nitrogens with zero attached hydrogens (tertiary/aromatic N) is 2. The molecule has 6 nitrogen and oxygen atoms in total. The van der Waals surface area contributed by atoms with E-state index in [9.17, 15) is 4.79 Å². The minimum Gasteiger partial charge on any atom is -0.466 e. The molecule has 1 atom stereocenters. The molecule has 1 N–H and O–H groups in total. The number of hydrogen-bond acceptors (Lipinski definition) is 4. The molecule has 0 aromatic rings. The van der Waals surface area contributed by atoms with Crippen LogP contribution in [0.4, 0.5) is 0 Å². The van der Waals surface area contributed by atoms with Gasteiger partial charge in [-0.15, -0.1) is 24.0 Å². The number of aliphatic imine (C=N–C) groups is 1. The van der Waals surface area contributed by atoms with Crippen LogP contribution in [0.15, 0.2) is 4.99 Å². The topological polar surface area (TPSA) is 63.2 Å². The molecule has 1 aliphatic carbocycles. The number of ether oxygens (including phenoxy) is 2. The lowest BCUT2D eigenvalue weighted by atomic mass is 9.98. The number of piperidine rings is 1. The normalized spacial score (nSPS) is 21.7. The molecule has 7 heteroatoms. The highest BCUT2D eigenvalue weighted by atomic mass is 127. The van der Waals surface area contributed by atoms with Gasteiger partial charge in [0.2, 0.25) is 0 Å². The van der Waals surface area contributed by atoms with Crippen LogP contribution in [0.1, 0.15) is 52.9 Å². The Morgan fingerprint density at radius 1 is 1.27 bits per heavy atom. The minimum atomic E-state index is -0.0709. The van der Waals surface area contributed by atoms with Gasteiger partial charge in [-0.2, -0.15) is 0 Å². The maximum Gasteiger partial charge on any atom is 0.310 e. The quantitative estimate of drug-likeness (QED) is 0.180. The Morgan fingerprint density at radius 2 is 2.04 bits per heavy atom. The largest absolute Gasteiger partial charge is 0.466 e. The van der Waals surface area contributed by atoms with E-state index in [1.54, 1.807) is 0 Å². The van der Waals surface area contributed by atoms with Crippen LogP contribution in [-0.2, 0) is 14.3 Å². The van der Waals surface area contributed by atoms with E-state index < -0.39 is 0 Å². The molecule has 1 saturated heterocycles. The summed E-state index contributed by atoms with van der Waals surface area (Å²) in [5.41, 5.74) is 0.339. The van der Waals surface area contributed by atoms with E-state index >= 15 is 0 Å². The molecule has 0 spiro atoms. The smallest absolute Gasteiger partial charge is 0.310 e. The van der Waals surface area contributed by atoms with Crippen molar-refractivity contribution >= 4 is 35.9 Å². The third-order valence-corrected chi connectivity index (χ3v) is 5.18. The SMILES string of the molecule is CCNC(=NCC1(CCOCC)CC1)N1CCCC(C(=O)OCC)C1.I. The highest BCUT2D eigenvalue weighted by molar-refractivity contribution is 14.0. The Bertz CT molecular complexity index is 455. The van der Waals surface area contributed by atoms with Crippen LogP contribution in [0.5, 0.6) is 0 Å². The molecule has 0 amide bonds. The molecular weight excluding hydrogens is 445 g/mol. The number of hydrogen-bond donors (Lipinski definition) is 1. The summed E-state index contributed by atoms with van der Waals surface area (Å²) in [6.45, 7) is 11.4. The first kappa shape index (κ1) is 23.5. The number of carbonyl (C=O) groups is 1. The second kappa shape index (κ2) is 12.0. The van der Waals surface area contributed by atoms with Gasteiger partial charge in [-0.05, 0) is 58.3 Å². The van der Waals surface area contributed by atoms with Crippen molar-refractivity contribution in [3.63, 3.8) is 0 Å². The average molecular weight is 481 g/mol. The number of guanidine groups is 1. The summed E-state index contributed by atoms with van der Waals surface area (Å²) >= 11 is 0. The van der Waals surface area contributed by atoms with Crippen molar-refractivity contribution in [1.82, 2.24) is 10.2 Å². The van der Waals surface area contributed by atoms with E-state index in [-0.39, 0.29) is 35.9 Å². The lowest BCUT2D eigenvalue weighted by Crippen LogP contribution is -2.48. The summed E-state index contributed by atoms with van der Waals surface area (Å²) in [6.07, 6.45) is 5.49. The molecule has 1 saturated carbocycles. The fourth-order valence-corrected chi connectivity index (χ4v) is 3.39. The van der Waals surface area contributed by atoms with Crippen molar-refractivity contribution in [3.05, 3.63) is 0 Å². The molecule has 0 radical (unpaired) electrons. The molecule has 1 aliphatic heterocycles. The molecule has 2 rings (SSSR count). The lowest BCUT2D eigenvalue weighted by molar-refractivity contribution is -0.149. The van der Waals surface area contributed by atoms with Crippen LogP contribution in [0.25, 0.3) is 0 Å². The second-order valence-electron chi connectivity index (χ2n) is 7.15. The van der Waals surface area contributed by atoms with Gasteiger partial charge in [0.25, 0.3) is 0 Å². The summed E-state index contributed by atoms with van der Waals surface area (Å²) < 4.78 is 10.7. The second-order valence-corrected chi connectivity index (χ2v) is 7.15. The van der Waals surface area contributed by atoms with E-state index in [2.05, 4.69) is 17.1 Å². The predicted octanol–water partition coefficient (Wildman–Crippen LogP) is 3.05. The summed E-state index contributed by atoms with van der Waals surface area (Å²) in [7, 11) is 0. The predicted molar refractivity (Wildman–Crippen MR) is 115 cm³/mol. The van der Waals surface area contributed by atoms with Gasteiger partial charge in [-0.3, -0.25) is 9.79 Å². The number of halogens is 1. The molecule has 0 aromatic heterocycles. The number of carbonyl (C=O) groups excluding carboxylic acids is 1. The highest BCUT2D eigenvalue weighted by Crippen LogP contribution is 2.49. The third-order valence-electron chi connectivity index (χ3n) is 5.18. The van der Waals surface area contributed by atoms with Crippen molar-refractivity contribution in [3.8, 4) is 0 Å². The summed E-state index contributed by atoms with van der Waals surface area (Å²) in [5, 5.41) is 3.40. The van der Waals surface area contributed by atoms with E-state index in [0.29, 0.717) is 18.6 Å². The Morgan fingerprint density at radius 3 is 2.65 bits per heavy atom. The van der Waals surface area contributed by atoms with Crippen LogP contribution >= 0.6 is 24.0 Å². The van der Waals surface area contributed by atoms with Gasteiger partial charge in [0, 0.05) is 39.4 Å². The van der Waals surface area contributed by atoms with Crippen LogP contribution in [0.2, 0.25) is 0 Å². The maximum absolute atomic E-state index is 12.1. The van der Waals surface area contributed by atoms with Gasteiger partial charge in [-0.25, -0.2) is 0 Å². The molecule has 2 fully saturated rings. The van der Waals surface area contributed by atoms with E-state index in [4.69, 9.17) is 14.5 Å². The Kier molecular flexibility index (Phi) is 10.8. The van der Waals surface area contributed by atoms with Gasteiger partial charge in [0.1, 0.15) is 0 Å². The highest BCUT2D eigenvalue weighted by Gasteiger charge is 2.42. The molecule has 0 bridgehead atoms. The molecule has 1 unspecified atom stereocenters. The first-order chi connectivity index (χ1) is 12.1. The summed E-state index contributed by atoms with van der Waals surface area (Å²) in [6, 6.07) is 0. The van der Waals surface area contributed by atoms with Crippen LogP contribution in [-0.4, -0.2) is 62.8 Å². The van der Waals surface area contributed by atoms with Gasteiger partial charge in [0.15, 0.2) is 5.96 Å². The third kappa shape index (κ3) is 7.21. The van der Waals surface area contributed by atoms with Crippen molar-refractivity contribution in [2.75, 3.05) is 46.0 Å². The number of rotatable bonds is 9. The van der Waals surface area contributed by atoms with E-state index in [1.807, 2.05) is 13.8 Å². The summed E-state index contributed by atoms with van der Waals surface area (Å²) in [5.74, 6) is 0.836. The summed E-state index contributed by atoms with van der Waals surface area (Å²) in [4.78, 5) is 19.2. The first-order valence-corrected chi connectivity index (χ1v) is 9.91. The van der Waals surface area contributed by atoms with E-state index in [0.717, 1.165) is 58.1 Å². The lowest BCUT2D eigenvalue weighted by Gasteiger charge is -2.34. The first-order valence-electron chi connectivity index (χ1n) is 9.91. The number of nitrogens with one attached hydrogen (secondary N) is 1. The fourth-order valence-electron chi connectivity index (χ4n) is 3.39. The zero-order chi connectivity index (χ0) is 18.1. The number of esters is 1. The van der Waals surface area contributed by atoms with Crippen LogP contribution < -0.4 is 5.32 Å². The monoisotopic (exact) mass is 481 g/mol. The molecular formula is C19H36IN3O3. The Hall–Kier alpha value is -0.570. The zero-order valence-electron chi connectivity index (χ0n) is 16.6. The standard InChI is InChI=1S/C19H35N3O3.HI/c1-4-20-18(21-15-19(9-10-19)11-13-24-5-2)22-12-7-8-16(14-22)17(23)25-6-3;/h16H,4-15H2,1-3H3,(H,20,21);1H. The van der Waals surface area contributed by atoms with Crippen molar-refractivity contribution in [2.24, 2.45) is 16.3 Å². The van der Waals surface area contributed by atoms with E-state index in [1.165, 1.54) is 12.8 Å². The van der Waals surface area contributed by atoms with Gasteiger partial charge >= 0.3 is 5.97 Å². The molecule has 26 heavy (non-hydrogen) atoms. The number of likely N-dealkylation sites (tertiary alicyclic amines) is 1. The molecule has 152 valence electrons. The van der Waals surface area contributed by atoms with Crippen molar-refractivity contribution in [2.45, 2.75) is 52.9 Å². The zero-order valence-corrected chi connectivity index (χ0v) is 18.9. The van der Waals surface area contributed by atoms with Crippen LogP contribution in [0, 0.1) is 11.3 Å². The average Bonchev–Trinajstić information content (AvgIpc) is 3.39. The molecule has 1 heterocycles. The fraction of sp³-hybridized carbons (Fsp3) is 0.895. The molecule has 0 aromatic carbocycles. The maximum atomic E-state index is 12.1. The van der Waals surface area contributed by atoms with Crippen LogP contribution in [0.3, 0.4) is 0 Å². The van der Waals surface area contributed by atoms with Crippen molar-refractivity contribution < 1.29 is 14.3 Å². The van der Waals surface area contributed by atoms with Gasteiger partial charge in [0.05, 0.1) is 12.5 Å². The van der Waals surface area contributed by atoms with Gasteiger partial charge in [-0.1, -0.05) is 0 Å². The molecule has 2 aliphatic rings. The Balaban J connectivity index is 0.00000338. The van der Waals surface area contributed by atoms with Gasteiger partial charge < -0.3 is 19.7 Å². The van der Waals surface area contributed by atoms with Crippen molar-refractivity contribution in [1.29, 1.82) is 0 Å². The Labute approximate surface area is 175 Å². The minimum absolute atomic E-state index is 0.